The minimum atomic E-state index is 0.157. The molecular weight excluding hydrogens is 330 g/mol. The first kappa shape index (κ1) is 16.2. The summed E-state index contributed by atoms with van der Waals surface area (Å²) in [5, 5.41) is 14.2. The van der Waals surface area contributed by atoms with Gasteiger partial charge in [-0.15, -0.1) is 10.2 Å². The number of rotatable bonds is 5. The van der Waals surface area contributed by atoms with Crippen LogP contribution < -0.4 is 5.32 Å². The van der Waals surface area contributed by atoms with Gasteiger partial charge >= 0.3 is 0 Å². The van der Waals surface area contributed by atoms with E-state index in [9.17, 15) is 0 Å². The third-order valence-corrected chi connectivity index (χ3v) is 5.30. The van der Waals surface area contributed by atoms with Gasteiger partial charge in [0.05, 0.1) is 6.10 Å². The van der Waals surface area contributed by atoms with E-state index in [1.54, 1.807) is 11.3 Å². The van der Waals surface area contributed by atoms with Crippen molar-refractivity contribution in [2.45, 2.75) is 31.4 Å². The van der Waals surface area contributed by atoms with E-state index in [-0.39, 0.29) is 6.10 Å². The molecule has 1 saturated heterocycles. The second-order valence-electron chi connectivity index (χ2n) is 6.30. The minimum absolute atomic E-state index is 0.157. The summed E-state index contributed by atoms with van der Waals surface area (Å²) in [6, 6.07) is 21.2. The summed E-state index contributed by atoms with van der Waals surface area (Å²) in [6.45, 7) is 0.771. The fraction of sp³-hybridized carbons (Fsp3) is 0.300. The van der Waals surface area contributed by atoms with Gasteiger partial charge in [0.1, 0.15) is 5.01 Å². The number of anilines is 1. The van der Waals surface area contributed by atoms with E-state index in [1.807, 2.05) is 12.1 Å². The van der Waals surface area contributed by atoms with Crippen LogP contribution in [0, 0.1) is 0 Å². The predicted molar refractivity (Wildman–Crippen MR) is 101 cm³/mol. The molecule has 0 radical (unpaired) electrons. The molecule has 0 saturated carbocycles. The van der Waals surface area contributed by atoms with Crippen molar-refractivity contribution in [2.75, 3.05) is 11.9 Å². The molecule has 128 valence electrons. The fourth-order valence-corrected chi connectivity index (χ4v) is 4.01. The molecule has 1 aliphatic heterocycles. The van der Waals surface area contributed by atoms with Crippen LogP contribution in [0.25, 0.3) is 0 Å². The van der Waals surface area contributed by atoms with Gasteiger partial charge in [0.15, 0.2) is 0 Å². The second-order valence-corrected chi connectivity index (χ2v) is 7.36. The number of benzene rings is 2. The molecule has 1 N–H and O–H groups in total. The second kappa shape index (κ2) is 7.76. The molecule has 4 rings (SSSR count). The monoisotopic (exact) mass is 351 g/mol. The maximum Gasteiger partial charge on any atom is 0.205 e. The molecule has 0 aliphatic carbocycles. The van der Waals surface area contributed by atoms with E-state index >= 15 is 0 Å². The molecule has 1 fully saturated rings. The minimum Gasteiger partial charge on any atom is -0.373 e. The molecule has 4 nitrogen and oxygen atoms in total. The van der Waals surface area contributed by atoms with E-state index in [1.165, 1.54) is 11.1 Å². The van der Waals surface area contributed by atoms with Gasteiger partial charge in [-0.05, 0) is 24.0 Å². The van der Waals surface area contributed by atoms with Crippen molar-refractivity contribution >= 4 is 16.5 Å². The van der Waals surface area contributed by atoms with Gasteiger partial charge in [0, 0.05) is 19.1 Å². The van der Waals surface area contributed by atoms with Gasteiger partial charge in [-0.1, -0.05) is 72.0 Å². The van der Waals surface area contributed by atoms with Gasteiger partial charge in [0.2, 0.25) is 5.13 Å². The molecule has 2 heterocycles. The van der Waals surface area contributed by atoms with Crippen molar-refractivity contribution in [3.8, 4) is 0 Å². The first-order valence-corrected chi connectivity index (χ1v) is 9.48. The standard InChI is InChI=1S/C20H21N3OS/c1-3-7-15(8-4-1)13-19-22-23-20(25-19)21-17-11-12-24-18(14-17)16-9-5-2-6-10-16/h1-10,17-18H,11-14H2,(H,21,23). The Bertz CT molecular complexity index is 791. The van der Waals surface area contributed by atoms with Crippen molar-refractivity contribution in [3.63, 3.8) is 0 Å². The number of aromatic nitrogens is 2. The molecular formula is C20H21N3OS. The quantitative estimate of drug-likeness (QED) is 0.737. The summed E-state index contributed by atoms with van der Waals surface area (Å²) < 4.78 is 5.94. The highest BCUT2D eigenvalue weighted by Gasteiger charge is 2.24. The third kappa shape index (κ3) is 4.24. The summed E-state index contributed by atoms with van der Waals surface area (Å²) in [4.78, 5) is 0. The van der Waals surface area contributed by atoms with Crippen LogP contribution in [0.4, 0.5) is 5.13 Å². The molecule has 2 atom stereocenters. The van der Waals surface area contributed by atoms with Crippen LogP contribution in [0.15, 0.2) is 60.7 Å². The molecule has 25 heavy (non-hydrogen) atoms. The maximum absolute atomic E-state index is 5.94. The van der Waals surface area contributed by atoms with Gasteiger partial charge in [-0.3, -0.25) is 0 Å². The molecule has 2 unspecified atom stereocenters. The van der Waals surface area contributed by atoms with Crippen molar-refractivity contribution in [2.24, 2.45) is 0 Å². The molecule has 1 aliphatic rings. The number of ether oxygens (including phenoxy) is 1. The molecule has 3 aromatic rings. The Hall–Kier alpha value is -2.24. The molecule has 0 spiro atoms. The molecule has 0 bridgehead atoms. The zero-order valence-electron chi connectivity index (χ0n) is 14.0. The zero-order chi connectivity index (χ0) is 16.9. The zero-order valence-corrected chi connectivity index (χ0v) is 14.8. The Labute approximate surface area is 151 Å². The lowest BCUT2D eigenvalue weighted by Crippen LogP contribution is -2.30. The summed E-state index contributed by atoms with van der Waals surface area (Å²) >= 11 is 1.64. The molecule has 2 aromatic carbocycles. The lowest BCUT2D eigenvalue weighted by atomic mass is 9.98. The smallest absolute Gasteiger partial charge is 0.205 e. The number of hydrogen-bond donors (Lipinski definition) is 1. The van der Waals surface area contributed by atoms with E-state index in [0.717, 1.165) is 36.0 Å². The van der Waals surface area contributed by atoms with Crippen LogP contribution in [0.3, 0.4) is 0 Å². The average Bonchev–Trinajstić information content (AvgIpc) is 3.10. The average molecular weight is 351 g/mol. The number of hydrogen-bond acceptors (Lipinski definition) is 5. The summed E-state index contributed by atoms with van der Waals surface area (Å²) in [5.74, 6) is 0. The Balaban J connectivity index is 1.37. The van der Waals surface area contributed by atoms with Crippen molar-refractivity contribution in [1.82, 2.24) is 10.2 Å². The lowest BCUT2D eigenvalue weighted by Gasteiger charge is -2.30. The van der Waals surface area contributed by atoms with Crippen LogP contribution in [-0.4, -0.2) is 22.8 Å². The Kier molecular flexibility index (Phi) is 5.04. The normalized spacial score (nSPS) is 20.3. The highest BCUT2D eigenvalue weighted by atomic mass is 32.1. The molecule has 5 heteroatoms. The van der Waals surface area contributed by atoms with Gasteiger partial charge in [-0.2, -0.15) is 0 Å². The maximum atomic E-state index is 5.94. The van der Waals surface area contributed by atoms with Gasteiger partial charge in [0.25, 0.3) is 0 Å². The van der Waals surface area contributed by atoms with E-state index in [0.29, 0.717) is 6.04 Å². The third-order valence-electron chi connectivity index (χ3n) is 4.45. The molecule has 0 amide bonds. The largest absolute Gasteiger partial charge is 0.373 e. The van der Waals surface area contributed by atoms with Crippen LogP contribution in [0.2, 0.25) is 0 Å². The first-order valence-electron chi connectivity index (χ1n) is 8.66. The Morgan fingerprint density at radius 3 is 2.56 bits per heavy atom. The van der Waals surface area contributed by atoms with E-state index < -0.39 is 0 Å². The van der Waals surface area contributed by atoms with Crippen LogP contribution in [-0.2, 0) is 11.2 Å². The van der Waals surface area contributed by atoms with E-state index in [4.69, 9.17) is 4.74 Å². The van der Waals surface area contributed by atoms with Crippen molar-refractivity contribution in [3.05, 3.63) is 76.8 Å². The Morgan fingerprint density at radius 1 is 1.00 bits per heavy atom. The van der Waals surface area contributed by atoms with Crippen molar-refractivity contribution < 1.29 is 4.74 Å². The lowest BCUT2D eigenvalue weighted by molar-refractivity contribution is 0.00979. The SMILES string of the molecule is c1ccc(Cc2nnc(NC3CCOC(c4ccccc4)C3)s2)cc1. The Morgan fingerprint density at radius 2 is 1.76 bits per heavy atom. The first-order chi connectivity index (χ1) is 12.4. The van der Waals surface area contributed by atoms with Gasteiger partial charge in [-0.25, -0.2) is 0 Å². The highest BCUT2D eigenvalue weighted by Crippen LogP contribution is 2.30. The van der Waals surface area contributed by atoms with E-state index in [2.05, 4.69) is 64.0 Å². The summed E-state index contributed by atoms with van der Waals surface area (Å²) in [7, 11) is 0. The summed E-state index contributed by atoms with van der Waals surface area (Å²) in [6.07, 6.45) is 2.94. The fourth-order valence-electron chi connectivity index (χ4n) is 3.16. The van der Waals surface area contributed by atoms with Crippen LogP contribution in [0.1, 0.15) is 35.1 Å². The van der Waals surface area contributed by atoms with Gasteiger partial charge < -0.3 is 10.1 Å². The van der Waals surface area contributed by atoms with Crippen LogP contribution in [0.5, 0.6) is 0 Å². The van der Waals surface area contributed by atoms with Crippen molar-refractivity contribution in [1.29, 1.82) is 0 Å². The topological polar surface area (TPSA) is 47.0 Å². The number of nitrogens with one attached hydrogen (secondary N) is 1. The highest BCUT2D eigenvalue weighted by molar-refractivity contribution is 7.15. The van der Waals surface area contributed by atoms with Crippen LogP contribution >= 0.6 is 11.3 Å². The number of nitrogens with zero attached hydrogens (tertiary/aromatic N) is 2. The molecule has 1 aromatic heterocycles. The summed E-state index contributed by atoms with van der Waals surface area (Å²) in [5.41, 5.74) is 2.51. The predicted octanol–water partition coefficient (Wildman–Crippen LogP) is 4.46.